The van der Waals surface area contributed by atoms with Crippen LogP contribution in [-0.2, 0) is 9.53 Å². The molecule has 0 bridgehead atoms. The third-order valence-electron chi connectivity index (χ3n) is 2.18. The number of ether oxygens (including phenoxy) is 1. The predicted octanol–water partition coefficient (Wildman–Crippen LogP) is 2.81. The van der Waals surface area contributed by atoms with Crippen molar-refractivity contribution >= 4 is 5.78 Å². The Hall–Kier alpha value is -0.370. The summed E-state index contributed by atoms with van der Waals surface area (Å²) >= 11 is 0. The molecule has 2 nitrogen and oxygen atoms in total. The molecule has 0 aromatic heterocycles. The van der Waals surface area contributed by atoms with E-state index >= 15 is 0 Å². The fourth-order valence-corrected chi connectivity index (χ4v) is 1.09. The van der Waals surface area contributed by atoms with Crippen LogP contribution in [0.1, 0.15) is 47.0 Å². The van der Waals surface area contributed by atoms with Crippen LogP contribution in [0.2, 0.25) is 0 Å². The molecule has 13 heavy (non-hydrogen) atoms. The summed E-state index contributed by atoms with van der Waals surface area (Å²) in [5.41, 5.74) is -0.298. The van der Waals surface area contributed by atoms with E-state index in [2.05, 4.69) is 13.8 Å². The number of carbonyl (C=O) groups excluding carboxylic acids is 1. The molecule has 0 aliphatic heterocycles. The van der Waals surface area contributed by atoms with Crippen molar-refractivity contribution in [2.75, 3.05) is 7.11 Å². The van der Waals surface area contributed by atoms with Crippen molar-refractivity contribution in [3.05, 3.63) is 0 Å². The van der Waals surface area contributed by atoms with Crippen LogP contribution in [0.25, 0.3) is 0 Å². The standard InChI is InChI=1S/C11H22O2/c1-9(2)6-7-10(12)8-11(3,4)13-5/h9H,6-8H2,1-5H3. The number of hydrogen-bond donors (Lipinski definition) is 0. The van der Waals surface area contributed by atoms with Gasteiger partial charge >= 0.3 is 0 Å². The molecule has 0 rings (SSSR count). The summed E-state index contributed by atoms with van der Waals surface area (Å²) in [6, 6.07) is 0. The number of ketones is 1. The lowest BCUT2D eigenvalue weighted by Gasteiger charge is -2.21. The van der Waals surface area contributed by atoms with Crippen LogP contribution in [0.4, 0.5) is 0 Å². The zero-order valence-corrected chi connectivity index (χ0v) is 9.52. The van der Waals surface area contributed by atoms with Crippen molar-refractivity contribution < 1.29 is 9.53 Å². The van der Waals surface area contributed by atoms with E-state index in [1.165, 1.54) is 0 Å². The number of Topliss-reactive ketones (excluding diaryl/α,β-unsaturated/α-hetero) is 1. The Bertz CT molecular complexity index is 159. The quantitative estimate of drug-likeness (QED) is 0.637. The van der Waals surface area contributed by atoms with Gasteiger partial charge in [-0.15, -0.1) is 0 Å². The summed E-state index contributed by atoms with van der Waals surface area (Å²) < 4.78 is 5.19. The molecule has 0 unspecified atom stereocenters. The van der Waals surface area contributed by atoms with Crippen LogP contribution in [0.5, 0.6) is 0 Å². The molecule has 0 amide bonds. The number of carbonyl (C=O) groups is 1. The van der Waals surface area contributed by atoms with E-state index in [1.807, 2.05) is 13.8 Å². The lowest BCUT2D eigenvalue weighted by molar-refractivity contribution is -0.124. The highest BCUT2D eigenvalue weighted by molar-refractivity contribution is 5.79. The zero-order valence-electron chi connectivity index (χ0n) is 9.52. The highest BCUT2D eigenvalue weighted by atomic mass is 16.5. The third kappa shape index (κ3) is 6.76. The second-order valence-corrected chi connectivity index (χ2v) is 4.61. The lowest BCUT2D eigenvalue weighted by Crippen LogP contribution is -2.26. The summed E-state index contributed by atoms with van der Waals surface area (Å²) in [5, 5.41) is 0. The molecule has 0 radical (unpaired) electrons. The van der Waals surface area contributed by atoms with Gasteiger partial charge in [0.2, 0.25) is 0 Å². The van der Waals surface area contributed by atoms with Crippen LogP contribution in [0.3, 0.4) is 0 Å². The van der Waals surface area contributed by atoms with E-state index in [0.717, 1.165) is 6.42 Å². The van der Waals surface area contributed by atoms with Gasteiger partial charge in [-0.05, 0) is 26.2 Å². The average molecular weight is 186 g/mol. The van der Waals surface area contributed by atoms with Crippen LogP contribution in [0.15, 0.2) is 0 Å². The maximum atomic E-state index is 11.4. The van der Waals surface area contributed by atoms with Crippen LogP contribution in [0, 0.1) is 5.92 Å². The van der Waals surface area contributed by atoms with Gasteiger partial charge in [0.25, 0.3) is 0 Å². The van der Waals surface area contributed by atoms with Gasteiger partial charge in [-0.25, -0.2) is 0 Å². The first kappa shape index (κ1) is 12.6. The number of methoxy groups -OCH3 is 1. The molecule has 0 aliphatic rings. The number of hydrogen-bond acceptors (Lipinski definition) is 2. The normalized spacial score (nSPS) is 12.2. The van der Waals surface area contributed by atoms with Crippen LogP contribution >= 0.6 is 0 Å². The Morgan fingerprint density at radius 2 is 1.92 bits per heavy atom. The van der Waals surface area contributed by atoms with E-state index in [-0.39, 0.29) is 5.60 Å². The van der Waals surface area contributed by atoms with Gasteiger partial charge in [-0.3, -0.25) is 4.79 Å². The van der Waals surface area contributed by atoms with Crippen molar-refractivity contribution in [3.63, 3.8) is 0 Å². The molecule has 0 aromatic rings. The molecule has 0 N–H and O–H groups in total. The molecular formula is C11H22O2. The Kier molecular flexibility index (Phi) is 5.23. The Morgan fingerprint density at radius 3 is 2.31 bits per heavy atom. The van der Waals surface area contributed by atoms with E-state index in [4.69, 9.17) is 4.74 Å². The lowest BCUT2D eigenvalue weighted by atomic mass is 9.97. The molecule has 0 spiro atoms. The topological polar surface area (TPSA) is 26.3 Å². The minimum atomic E-state index is -0.298. The van der Waals surface area contributed by atoms with Gasteiger partial charge in [0.05, 0.1) is 5.60 Å². The van der Waals surface area contributed by atoms with Crippen molar-refractivity contribution in [1.82, 2.24) is 0 Å². The van der Waals surface area contributed by atoms with Crippen LogP contribution < -0.4 is 0 Å². The largest absolute Gasteiger partial charge is 0.378 e. The van der Waals surface area contributed by atoms with Crippen LogP contribution in [-0.4, -0.2) is 18.5 Å². The maximum Gasteiger partial charge on any atom is 0.135 e. The van der Waals surface area contributed by atoms with Crippen molar-refractivity contribution in [1.29, 1.82) is 0 Å². The first-order chi connectivity index (χ1) is 5.87. The summed E-state index contributed by atoms with van der Waals surface area (Å²) in [6.45, 7) is 8.16. The zero-order chi connectivity index (χ0) is 10.5. The number of rotatable bonds is 6. The van der Waals surface area contributed by atoms with E-state index in [0.29, 0.717) is 24.5 Å². The Balaban J connectivity index is 3.74. The predicted molar refractivity (Wildman–Crippen MR) is 54.8 cm³/mol. The Labute approximate surface area is 81.7 Å². The average Bonchev–Trinajstić information content (AvgIpc) is 2.00. The van der Waals surface area contributed by atoms with Gasteiger partial charge in [0.15, 0.2) is 0 Å². The first-order valence-electron chi connectivity index (χ1n) is 4.94. The van der Waals surface area contributed by atoms with Gasteiger partial charge < -0.3 is 4.74 Å². The summed E-state index contributed by atoms with van der Waals surface area (Å²) in [6.07, 6.45) is 2.19. The summed E-state index contributed by atoms with van der Waals surface area (Å²) in [5.74, 6) is 0.912. The van der Waals surface area contributed by atoms with E-state index in [9.17, 15) is 4.79 Å². The molecule has 0 aliphatic carbocycles. The Morgan fingerprint density at radius 1 is 1.38 bits per heavy atom. The molecule has 0 heterocycles. The molecule has 78 valence electrons. The second kappa shape index (κ2) is 5.38. The molecule has 0 atom stereocenters. The first-order valence-corrected chi connectivity index (χ1v) is 4.94. The minimum absolute atomic E-state index is 0.298. The third-order valence-corrected chi connectivity index (χ3v) is 2.18. The highest BCUT2D eigenvalue weighted by Gasteiger charge is 2.20. The van der Waals surface area contributed by atoms with E-state index in [1.54, 1.807) is 7.11 Å². The highest BCUT2D eigenvalue weighted by Crippen LogP contribution is 2.16. The summed E-state index contributed by atoms with van der Waals surface area (Å²) in [7, 11) is 1.65. The van der Waals surface area contributed by atoms with E-state index < -0.39 is 0 Å². The fourth-order valence-electron chi connectivity index (χ4n) is 1.09. The molecule has 0 saturated carbocycles. The van der Waals surface area contributed by atoms with Crippen molar-refractivity contribution in [2.24, 2.45) is 5.92 Å². The minimum Gasteiger partial charge on any atom is -0.378 e. The maximum absolute atomic E-state index is 11.4. The molecule has 0 aromatic carbocycles. The van der Waals surface area contributed by atoms with Gasteiger partial charge in [-0.2, -0.15) is 0 Å². The molecule has 0 saturated heterocycles. The molecule has 0 fully saturated rings. The summed E-state index contributed by atoms with van der Waals surface area (Å²) in [4.78, 5) is 11.4. The van der Waals surface area contributed by atoms with Gasteiger partial charge in [0, 0.05) is 20.0 Å². The monoisotopic (exact) mass is 186 g/mol. The smallest absolute Gasteiger partial charge is 0.135 e. The second-order valence-electron chi connectivity index (χ2n) is 4.61. The molecular weight excluding hydrogens is 164 g/mol. The van der Waals surface area contributed by atoms with Gasteiger partial charge in [0.1, 0.15) is 5.78 Å². The SMILES string of the molecule is COC(C)(C)CC(=O)CCC(C)C. The van der Waals surface area contributed by atoms with Crippen molar-refractivity contribution in [2.45, 2.75) is 52.6 Å². The molecule has 2 heteroatoms. The fraction of sp³-hybridized carbons (Fsp3) is 0.909. The van der Waals surface area contributed by atoms with Crippen molar-refractivity contribution in [3.8, 4) is 0 Å². The van der Waals surface area contributed by atoms with Gasteiger partial charge in [-0.1, -0.05) is 13.8 Å².